The molecular weight excluding hydrogens is 248 g/mol. The number of fused-ring (bicyclic) bond motifs is 1. The van der Waals surface area contributed by atoms with Gasteiger partial charge in [0.25, 0.3) is 0 Å². The molecule has 0 aromatic heterocycles. The Kier molecular flexibility index (Phi) is 4.40. The summed E-state index contributed by atoms with van der Waals surface area (Å²) in [5.41, 5.74) is 8.49. The quantitative estimate of drug-likeness (QED) is 0.898. The molecule has 1 aromatic rings. The maximum absolute atomic E-state index is 6.18. The molecular formula is C17H28N2O. The molecule has 1 unspecified atom stereocenters. The number of nitrogens with two attached hydrogens (primary N) is 1. The molecule has 1 aliphatic rings. The van der Waals surface area contributed by atoms with Crippen molar-refractivity contribution in [2.45, 2.75) is 45.8 Å². The van der Waals surface area contributed by atoms with Crippen LogP contribution in [-0.2, 0) is 6.42 Å². The molecule has 1 aromatic carbocycles. The zero-order valence-corrected chi connectivity index (χ0v) is 13.4. The highest BCUT2D eigenvalue weighted by atomic mass is 16.5. The highest BCUT2D eigenvalue weighted by Crippen LogP contribution is 2.40. The molecule has 2 rings (SSSR count). The minimum atomic E-state index is -0.103. The topological polar surface area (TPSA) is 38.5 Å². The molecule has 1 aliphatic heterocycles. The molecule has 20 heavy (non-hydrogen) atoms. The first-order valence-electron chi connectivity index (χ1n) is 7.55. The maximum Gasteiger partial charge on any atom is 0.128 e. The standard InChI is InChI=1S/C17H28N2O/c1-12(2)11-19(5)15(10-18)14-8-6-7-13-9-17(3,4)20-16(13)14/h6-8,12,15H,9-11,18H2,1-5H3. The van der Waals surface area contributed by atoms with E-state index in [2.05, 4.69) is 57.8 Å². The lowest BCUT2D eigenvalue weighted by Gasteiger charge is -2.30. The summed E-state index contributed by atoms with van der Waals surface area (Å²) in [5, 5.41) is 0. The number of hydrogen-bond donors (Lipinski definition) is 1. The summed E-state index contributed by atoms with van der Waals surface area (Å²) in [4.78, 5) is 2.34. The lowest BCUT2D eigenvalue weighted by Crippen LogP contribution is -2.33. The summed E-state index contributed by atoms with van der Waals surface area (Å²) in [5.74, 6) is 1.69. The van der Waals surface area contributed by atoms with Crippen molar-refractivity contribution >= 4 is 0 Å². The van der Waals surface area contributed by atoms with Gasteiger partial charge in [-0.05, 0) is 32.4 Å². The van der Waals surface area contributed by atoms with E-state index in [-0.39, 0.29) is 11.6 Å². The number of hydrogen-bond acceptors (Lipinski definition) is 3. The van der Waals surface area contributed by atoms with Crippen LogP contribution >= 0.6 is 0 Å². The fourth-order valence-electron chi connectivity index (χ4n) is 3.15. The predicted molar refractivity (Wildman–Crippen MR) is 84.1 cm³/mol. The third kappa shape index (κ3) is 3.15. The van der Waals surface area contributed by atoms with Gasteiger partial charge in [-0.3, -0.25) is 4.90 Å². The van der Waals surface area contributed by atoms with Gasteiger partial charge >= 0.3 is 0 Å². The SMILES string of the molecule is CC(C)CN(C)C(CN)c1cccc2c1OC(C)(C)C2. The highest BCUT2D eigenvalue weighted by Gasteiger charge is 2.33. The fraction of sp³-hybridized carbons (Fsp3) is 0.647. The molecule has 1 atom stereocenters. The molecule has 0 saturated carbocycles. The smallest absolute Gasteiger partial charge is 0.128 e. The Balaban J connectivity index is 2.31. The Morgan fingerprint density at radius 2 is 2.05 bits per heavy atom. The van der Waals surface area contributed by atoms with Gasteiger partial charge in [-0.15, -0.1) is 0 Å². The van der Waals surface area contributed by atoms with Crippen LogP contribution in [0.1, 0.15) is 44.9 Å². The summed E-state index contributed by atoms with van der Waals surface area (Å²) in [6.45, 7) is 10.4. The third-order valence-corrected chi connectivity index (χ3v) is 3.89. The molecule has 3 nitrogen and oxygen atoms in total. The largest absolute Gasteiger partial charge is 0.487 e. The number of para-hydroxylation sites is 1. The first-order valence-corrected chi connectivity index (χ1v) is 7.55. The van der Waals surface area contributed by atoms with Gasteiger partial charge in [0, 0.05) is 25.1 Å². The number of nitrogens with zero attached hydrogens (tertiary/aromatic N) is 1. The van der Waals surface area contributed by atoms with Gasteiger partial charge < -0.3 is 10.5 Å². The van der Waals surface area contributed by atoms with Crippen molar-refractivity contribution in [2.75, 3.05) is 20.1 Å². The van der Waals surface area contributed by atoms with Gasteiger partial charge in [0.05, 0.1) is 6.04 Å². The normalized spacial score (nSPS) is 18.2. The number of ether oxygens (including phenoxy) is 1. The van der Waals surface area contributed by atoms with Gasteiger partial charge in [0.1, 0.15) is 11.4 Å². The predicted octanol–water partition coefficient (Wildman–Crippen LogP) is 2.99. The number of benzene rings is 1. The second kappa shape index (κ2) is 5.74. The Morgan fingerprint density at radius 1 is 1.35 bits per heavy atom. The molecule has 3 heteroatoms. The van der Waals surface area contributed by atoms with Gasteiger partial charge in [0.15, 0.2) is 0 Å². The van der Waals surface area contributed by atoms with Crippen LogP contribution in [0.25, 0.3) is 0 Å². The van der Waals surface area contributed by atoms with Crippen LogP contribution in [-0.4, -0.2) is 30.6 Å². The first-order chi connectivity index (χ1) is 9.34. The van der Waals surface area contributed by atoms with Crippen LogP contribution < -0.4 is 10.5 Å². The van der Waals surface area contributed by atoms with Gasteiger partial charge in [-0.25, -0.2) is 0 Å². The van der Waals surface area contributed by atoms with Crippen LogP contribution in [0, 0.1) is 5.92 Å². The van der Waals surface area contributed by atoms with E-state index >= 15 is 0 Å². The second-order valence-electron chi connectivity index (χ2n) is 6.96. The average molecular weight is 276 g/mol. The molecule has 0 saturated heterocycles. The molecule has 0 spiro atoms. The summed E-state index contributed by atoms with van der Waals surface area (Å²) >= 11 is 0. The first kappa shape index (κ1) is 15.3. The molecule has 112 valence electrons. The van der Waals surface area contributed by atoms with E-state index in [9.17, 15) is 0 Å². The van der Waals surface area contributed by atoms with E-state index in [0.29, 0.717) is 12.5 Å². The van der Waals surface area contributed by atoms with Crippen molar-refractivity contribution in [3.8, 4) is 5.75 Å². The van der Waals surface area contributed by atoms with E-state index in [1.807, 2.05) is 0 Å². The molecule has 0 bridgehead atoms. The van der Waals surface area contributed by atoms with Crippen LogP contribution in [0.5, 0.6) is 5.75 Å². The van der Waals surface area contributed by atoms with E-state index in [1.165, 1.54) is 11.1 Å². The van der Waals surface area contributed by atoms with Crippen LogP contribution in [0.3, 0.4) is 0 Å². The van der Waals surface area contributed by atoms with E-state index in [0.717, 1.165) is 18.7 Å². The lowest BCUT2D eigenvalue weighted by atomic mass is 9.97. The van der Waals surface area contributed by atoms with Crippen molar-refractivity contribution in [3.63, 3.8) is 0 Å². The summed E-state index contributed by atoms with van der Waals surface area (Å²) in [7, 11) is 2.15. The van der Waals surface area contributed by atoms with E-state index in [4.69, 9.17) is 10.5 Å². The van der Waals surface area contributed by atoms with Crippen molar-refractivity contribution in [1.82, 2.24) is 4.90 Å². The molecule has 0 amide bonds. The molecule has 2 N–H and O–H groups in total. The van der Waals surface area contributed by atoms with E-state index < -0.39 is 0 Å². The summed E-state index contributed by atoms with van der Waals surface area (Å²) in [6, 6.07) is 6.68. The van der Waals surface area contributed by atoms with Crippen molar-refractivity contribution in [2.24, 2.45) is 11.7 Å². The van der Waals surface area contributed by atoms with Crippen molar-refractivity contribution in [1.29, 1.82) is 0 Å². The van der Waals surface area contributed by atoms with Gasteiger partial charge in [-0.2, -0.15) is 0 Å². The van der Waals surface area contributed by atoms with Crippen molar-refractivity contribution in [3.05, 3.63) is 29.3 Å². The number of likely N-dealkylation sites (N-methyl/N-ethyl adjacent to an activating group) is 1. The van der Waals surface area contributed by atoms with Crippen molar-refractivity contribution < 1.29 is 4.74 Å². The molecule has 0 radical (unpaired) electrons. The third-order valence-electron chi connectivity index (χ3n) is 3.89. The molecule has 0 aliphatic carbocycles. The molecule has 1 heterocycles. The Hall–Kier alpha value is -1.06. The van der Waals surface area contributed by atoms with Crippen LogP contribution in [0.15, 0.2) is 18.2 Å². The minimum absolute atomic E-state index is 0.103. The monoisotopic (exact) mass is 276 g/mol. The Labute approximate surface area is 123 Å². The maximum atomic E-state index is 6.18. The lowest BCUT2D eigenvalue weighted by molar-refractivity contribution is 0.132. The van der Waals surface area contributed by atoms with Gasteiger partial charge in [0.2, 0.25) is 0 Å². The van der Waals surface area contributed by atoms with Crippen LogP contribution in [0.2, 0.25) is 0 Å². The number of rotatable bonds is 5. The Morgan fingerprint density at radius 3 is 2.65 bits per heavy atom. The van der Waals surface area contributed by atoms with Gasteiger partial charge in [-0.1, -0.05) is 32.0 Å². The second-order valence-corrected chi connectivity index (χ2v) is 6.96. The minimum Gasteiger partial charge on any atom is -0.487 e. The highest BCUT2D eigenvalue weighted by molar-refractivity contribution is 5.47. The zero-order valence-electron chi connectivity index (χ0n) is 13.4. The zero-order chi connectivity index (χ0) is 14.9. The summed E-state index contributed by atoms with van der Waals surface area (Å²) in [6.07, 6.45) is 0.974. The van der Waals surface area contributed by atoms with E-state index in [1.54, 1.807) is 0 Å². The Bertz CT molecular complexity index is 468. The summed E-state index contributed by atoms with van der Waals surface area (Å²) < 4.78 is 6.18. The molecule has 0 fully saturated rings. The fourth-order valence-corrected chi connectivity index (χ4v) is 3.15. The van der Waals surface area contributed by atoms with Crippen LogP contribution in [0.4, 0.5) is 0 Å². The average Bonchev–Trinajstić information content (AvgIpc) is 2.63.